The van der Waals surface area contributed by atoms with Crippen LogP contribution in [0.5, 0.6) is 0 Å². The number of nitrogens with one attached hydrogen (secondary N) is 1. The second-order valence-electron chi connectivity index (χ2n) is 3.74. The third kappa shape index (κ3) is 2.92. The molecule has 1 atom stereocenters. The molecule has 0 saturated heterocycles. The van der Waals surface area contributed by atoms with E-state index in [1.165, 1.54) is 19.1 Å². The second kappa shape index (κ2) is 5.26. The molecule has 0 saturated carbocycles. The quantitative estimate of drug-likeness (QED) is 0.780. The Kier molecular flexibility index (Phi) is 4.18. The standard InChI is InChI=1S/C11H12F3NO3/c1-6(15-10(17)18)7-3-2-4-8(9(7)12)11(13,14)5-16/h2-4,6,15-16H,5H2,1H3,(H,17,18)/t6-/m1/s1. The number of hydrogen-bond acceptors (Lipinski definition) is 2. The van der Waals surface area contributed by atoms with E-state index in [0.717, 1.165) is 6.07 Å². The van der Waals surface area contributed by atoms with Gasteiger partial charge in [-0.15, -0.1) is 0 Å². The minimum atomic E-state index is -3.71. The summed E-state index contributed by atoms with van der Waals surface area (Å²) >= 11 is 0. The fourth-order valence-corrected chi connectivity index (χ4v) is 1.51. The molecule has 1 aromatic carbocycles. The Balaban J connectivity index is 3.17. The average molecular weight is 263 g/mol. The van der Waals surface area contributed by atoms with Gasteiger partial charge in [0.1, 0.15) is 12.4 Å². The van der Waals surface area contributed by atoms with Gasteiger partial charge in [-0.1, -0.05) is 12.1 Å². The van der Waals surface area contributed by atoms with Crippen molar-refractivity contribution in [1.29, 1.82) is 0 Å². The number of aliphatic hydroxyl groups excluding tert-OH is 1. The molecule has 100 valence electrons. The van der Waals surface area contributed by atoms with Crippen molar-refractivity contribution in [3.63, 3.8) is 0 Å². The van der Waals surface area contributed by atoms with Crippen LogP contribution in [0, 0.1) is 5.82 Å². The fourth-order valence-electron chi connectivity index (χ4n) is 1.51. The highest BCUT2D eigenvalue weighted by atomic mass is 19.3. The third-order valence-electron chi connectivity index (χ3n) is 2.43. The molecule has 0 aromatic heterocycles. The first-order valence-electron chi connectivity index (χ1n) is 5.06. The molecule has 0 unspecified atom stereocenters. The second-order valence-corrected chi connectivity index (χ2v) is 3.74. The highest BCUT2D eigenvalue weighted by Gasteiger charge is 2.35. The van der Waals surface area contributed by atoms with Crippen LogP contribution in [-0.4, -0.2) is 22.9 Å². The Morgan fingerprint density at radius 3 is 2.61 bits per heavy atom. The van der Waals surface area contributed by atoms with Crippen LogP contribution in [0.15, 0.2) is 18.2 Å². The number of alkyl halides is 2. The molecular formula is C11H12F3NO3. The van der Waals surface area contributed by atoms with Crippen LogP contribution in [0.25, 0.3) is 0 Å². The number of rotatable bonds is 4. The van der Waals surface area contributed by atoms with Gasteiger partial charge in [-0.25, -0.2) is 9.18 Å². The number of benzene rings is 1. The van der Waals surface area contributed by atoms with Crippen LogP contribution in [-0.2, 0) is 5.92 Å². The predicted molar refractivity (Wildman–Crippen MR) is 57.0 cm³/mol. The smallest absolute Gasteiger partial charge is 0.405 e. The van der Waals surface area contributed by atoms with Gasteiger partial charge in [0.25, 0.3) is 5.92 Å². The average Bonchev–Trinajstić information content (AvgIpc) is 2.28. The lowest BCUT2D eigenvalue weighted by atomic mass is 10.0. The van der Waals surface area contributed by atoms with Gasteiger partial charge in [0.05, 0.1) is 11.6 Å². The van der Waals surface area contributed by atoms with Crippen molar-refractivity contribution in [2.45, 2.75) is 18.9 Å². The number of aliphatic hydroxyl groups is 1. The minimum Gasteiger partial charge on any atom is -0.465 e. The third-order valence-corrected chi connectivity index (χ3v) is 2.43. The summed E-state index contributed by atoms with van der Waals surface area (Å²) in [4.78, 5) is 10.4. The SMILES string of the molecule is C[C@@H](NC(=O)O)c1cccc(C(F)(F)CO)c1F. The van der Waals surface area contributed by atoms with E-state index < -0.39 is 36.0 Å². The molecule has 7 heteroatoms. The molecule has 0 bridgehead atoms. The maximum atomic E-state index is 13.8. The molecule has 0 radical (unpaired) electrons. The summed E-state index contributed by atoms with van der Waals surface area (Å²) in [6, 6.07) is 2.25. The van der Waals surface area contributed by atoms with Gasteiger partial charge in [-0.05, 0) is 13.0 Å². The number of carboxylic acid groups (broad SMARTS) is 1. The molecule has 3 N–H and O–H groups in total. The Hall–Kier alpha value is -1.76. The lowest BCUT2D eigenvalue weighted by Gasteiger charge is -2.19. The van der Waals surface area contributed by atoms with E-state index in [4.69, 9.17) is 10.2 Å². The van der Waals surface area contributed by atoms with E-state index >= 15 is 0 Å². The zero-order valence-electron chi connectivity index (χ0n) is 9.45. The zero-order chi connectivity index (χ0) is 13.9. The number of hydrogen-bond donors (Lipinski definition) is 3. The normalized spacial score (nSPS) is 13.2. The van der Waals surface area contributed by atoms with Gasteiger partial charge in [0.2, 0.25) is 0 Å². The molecule has 0 aliphatic heterocycles. The van der Waals surface area contributed by atoms with Gasteiger partial charge < -0.3 is 15.5 Å². The number of amides is 1. The summed E-state index contributed by atoms with van der Waals surface area (Å²) in [5.74, 6) is -4.93. The highest BCUT2D eigenvalue weighted by Crippen LogP contribution is 2.32. The van der Waals surface area contributed by atoms with E-state index in [9.17, 15) is 18.0 Å². The molecule has 0 spiro atoms. The first-order chi connectivity index (χ1) is 8.29. The molecule has 0 aliphatic carbocycles. The summed E-state index contributed by atoms with van der Waals surface area (Å²) < 4.78 is 40.3. The van der Waals surface area contributed by atoms with Crippen LogP contribution in [0.2, 0.25) is 0 Å². The molecule has 18 heavy (non-hydrogen) atoms. The van der Waals surface area contributed by atoms with Crippen molar-refractivity contribution in [2.24, 2.45) is 0 Å². The van der Waals surface area contributed by atoms with Crippen LogP contribution in [0.1, 0.15) is 24.1 Å². The topological polar surface area (TPSA) is 69.6 Å². The van der Waals surface area contributed by atoms with Crippen molar-refractivity contribution >= 4 is 6.09 Å². The number of carbonyl (C=O) groups is 1. The Bertz CT molecular complexity index is 451. The Morgan fingerprint density at radius 1 is 1.50 bits per heavy atom. The summed E-state index contributed by atoms with van der Waals surface area (Å²) in [5, 5.41) is 19.0. The van der Waals surface area contributed by atoms with E-state index in [1.807, 2.05) is 5.32 Å². The molecule has 1 amide bonds. The first kappa shape index (κ1) is 14.3. The van der Waals surface area contributed by atoms with Crippen molar-refractivity contribution in [1.82, 2.24) is 5.32 Å². The molecule has 0 heterocycles. The molecule has 1 aromatic rings. The van der Waals surface area contributed by atoms with Crippen molar-refractivity contribution in [2.75, 3.05) is 6.61 Å². The predicted octanol–water partition coefficient (Wildman–Crippen LogP) is 2.24. The lowest BCUT2D eigenvalue weighted by Crippen LogP contribution is -2.27. The first-order valence-corrected chi connectivity index (χ1v) is 5.06. The maximum absolute atomic E-state index is 13.8. The lowest BCUT2D eigenvalue weighted by molar-refractivity contribution is -0.0584. The summed E-state index contributed by atoms with van der Waals surface area (Å²) in [7, 11) is 0. The maximum Gasteiger partial charge on any atom is 0.405 e. The molecular weight excluding hydrogens is 251 g/mol. The van der Waals surface area contributed by atoms with Gasteiger partial charge >= 0.3 is 6.09 Å². The van der Waals surface area contributed by atoms with Gasteiger partial charge in [0, 0.05) is 5.56 Å². The van der Waals surface area contributed by atoms with E-state index in [1.54, 1.807) is 0 Å². The Labute approximate surface area is 101 Å². The summed E-state index contributed by atoms with van der Waals surface area (Å²) in [6.45, 7) is -0.193. The highest BCUT2D eigenvalue weighted by molar-refractivity contribution is 5.65. The van der Waals surface area contributed by atoms with Crippen LogP contribution < -0.4 is 5.32 Å². The molecule has 0 fully saturated rings. The van der Waals surface area contributed by atoms with Gasteiger partial charge in [0.15, 0.2) is 0 Å². The summed E-state index contributed by atoms with van der Waals surface area (Å²) in [6.07, 6.45) is -1.39. The molecule has 0 aliphatic rings. The van der Waals surface area contributed by atoms with E-state index in [-0.39, 0.29) is 5.56 Å². The zero-order valence-corrected chi connectivity index (χ0v) is 9.45. The largest absolute Gasteiger partial charge is 0.465 e. The number of halogens is 3. The van der Waals surface area contributed by atoms with E-state index in [0.29, 0.717) is 0 Å². The van der Waals surface area contributed by atoms with Crippen LogP contribution in [0.4, 0.5) is 18.0 Å². The van der Waals surface area contributed by atoms with Crippen molar-refractivity contribution in [3.05, 3.63) is 35.1 Å². The van der Waals surface area contributed by atoms with Crippen molar-refractivity contribution < 1.29 is 28.2 Å². The Morgan fingerprint density at radius 2 is 2.11 bits per heavy atom. The summed E-state index contributed by atoms with van der Waals surface area (Å²) in [5.41, 5.74) is -1.16. The minimum absolute atomic E-state index is 0.206. The van der Waals surface area contributed by atoms with E-state index in [2.05, 4.69) is 0 Å². The molecule has 1 rings (SSSR count). The van der Waals surface area contributed by atoms with Crippen LogP contribution in [0.3, 0.4) is 0 Å². The fraction of sp³-hybridized carbons (Fsp3) is 0.364. The van der Waals surface area contributed by atoms with Crippen LogP contribution >= 0.6 is 0 Å². The monoisotopic (exact) mass is 263 g/mol. The van der Waals surface area contributed by atoms with Gasteiger partial charge in [-0.3, -0.25) is 0 Å². The van der Waals surface area contributed by atoms with Gasteiger partial charge in [-0.2, -0.15) is 8.78 Å². The van der Waals surface area contributed by atoms with Crippen molar-refractivity contribution in [3.8, 4) is 0 Å². The molecule has 4 nitrogen and oxygen atoms in total.